The molecule has 0 atom stereocenters. The van der Waals surface area contributed by atoms with Crippen molar-refractivity contribution in [3.05, 3.63) is 76.8 Å². The first-order valence-corrected chi connectivity index (χ1v) is 13.0. The SMILES string of the molecule is COc1cc(CS(=O)(=O)c2nc3ccccc3n2CC(=O)Nc2cc(C(F)(F)F)ccc2Cl)cc(OC)c1. The molecule has 0 aliphatic carbocycles. The van der Waals surface area contributed by atoms with Crippen LogP contribution in [0.5, 0.6) is 11.5 Å². The van der Waals surface area contributed by atoms with E-state index in [0.29, 0.717) is 34.2 Å². The minimum Gasteiger partial charge on any atom is -0.497 e. The first kappa shape index (κ1) is 27.3. The van der Waals surface area contributed by atoms with Gasteiger partial charge < -0.3 is 19.4 Å². The summed E-state index contributed by atoms with van der Waals surface area (Å²) in [5.41, 5.74) is -0.232. The van der Waals surface area contributed by atoms with Crippen molar-refractivity contribution in [2.75, 3.05) is 19.5 Å². The zero-order chi connectivity index (χ0) is 27.7. The van der Waals surface area contributed by atoms with E-state index < -0.39 is 39.8 Å². The third-order valence-electron chi connectivity index (χ3n) is 5.54. The lowest BCUT2D eigenvalue weighted by atomic mass is 10.2. The number of para-hydroxylation sites is 2. The zero-order valence-electron chi connectivity index (χ0n) is 20.0. The second-order valence-electron chi connectivity index (χ2n) is 8.19. The van der Waals surface area contributed by atoms with Gasteiger partial charge in [-0.05, 0) is 48.0 Å². The molecule has 0 unspecified atom stereocenters. The minimum atomic E-state index is -4.64. The summed E-state index contributed by atoms with van der Waals surface area (Å²) in [5, 5.41) is 1.84. The summed E-state index contributed by atoms with van der Waals surface area (Å²) < 4.78 is 78.0. The molecule has 0 radical (unpaired) electrons. The second-order valence-corrected chi connectivity index (χ2v) is 10.5. The van der Waals surface area contributed by atoms with E-state index in [0.717, 1.165) is 12.1 Å². The van der Waals surface area contributed by atoms with Crippen LogP contribution in [0.4, 0.5) is 18.9 Å². The van der Waals surface area contributed by atoms with Gasteiger partial charge in [0.05, 0.1) is 47.3 Å². The van der Waals surface area contributed by atoms with Gasteiger partial charge in [-0.25, -0.2) is 13.4 Å². The number of nitrogens with one attached hydrogen (secondary N) is 1. The Kier molecular flexibility index (Phi) is 7.56. The van der Waals surface area contributed by atoms with E-state index in [-0.39, 0.29) is 15.9 Å². The van der Waals surface area contributed by atoms with Gasteiger partial charge in [0, 0.05) is 6.07 Å². The molecule has 0 aliphatic rings. The van der Waals surface area contributed by atoms with Gasteiger partial charge in [-0.2, -0.15) is 13.2 Å². The number of rotatable bonds is 8. The molecule has 0 aliphatic heterocycles. The number of aromatic nitrogens is 2. The number of carbonyl (C=O) groups is 1. The van der Waals surface area contributed by atoms with Crippen molar-refractivity contribution in [1.29, 1.82) is 0 Å². The molecule has 0 saturated heterocycles. The number of benzene rings is 3. The molecule has 1 N–H and O–H groups in total. The number of anilines is 1. The number of imidazole rings is 1. The van der Waals surface area contributed by atoms with Crippen LogP contribution in [0.1, 0.15) is 11.1 Å². The average Bonchev–Trinajstić information content (AvgIpc) is 3.23. The van der Waals surface area contributed by atoms with E-state index in [2.05, 4.69) is 10.3 Å². The fourth-order valence-corrected chi connectivity index (χ4v) is 5.44. The van der Waals surface area contributed by atoms with Gasteiger partial charge >= 0.3 is 6.18 Å². The Morgan fingerprint density at radius 1 is 1.03 bits per heavy atom. The van der Waals surface area contributed by atoms with Crippen LogP contribution in [0.3, 0.4) is 0 Å². The first-order chi connectivity index (χ1) is 17.9. The molecule has 3 aromatic carbocycles. The Bertz CT molecular complexity index is 1600. The lowest BCUT2D eigenvalue weighted by Gasteiger charge is -2.14. The van der Waals surface area contributed by atoms with Crippen molar-refractivity contribution >= 4 is 44.1 Å². The molecule has 13 heteroatoms. The Labute approximate surface area is 220 Å². The summed E-state index contributed by atoms with van der Waals surface area (Å²) in [6.07, 6.45) is -4.64. The molecule has 0 spiro atoms. The van der Waals surface area contributed by atoms with Crippen molar-refractivity contribution in [2.45, 2.75) is 23.6 Å². The minimum absolute atomic E-state index is 0.110. The lowest BCUT2D eigenvalue weighted by Crippen LogP contribution is -2.22. The van der Waals surface area contributed by atoms with Crippen molar-refractivity contribution in [2.24, 2.45) is 0 Å². The Balaban J connectivity index is 1.69. The normalized spacial score (nSPS) is 11.9. The van der Waals surface area contributed by atoms with Gasteiger partial charge in [0.2, 0.25) is 20.9 Å². The molecule has 0 bridgehead atoms. The number of amides is 1. The zero-order valence-corrected chi connectivity index (χ0v) is 21.6. The molecule has 1 amide bonds. The van der Waals surface area contributed by atoms with Crippen LogP contribution in [0, 0.1) is 0 Å². The lowest BCUT2D eigenvalue weighted by molar-refractivity contribution is -0.137. The third-order valence-corrected chi connectivity index (χ3v) is 7.45. The van der Waals surface area contributed by atoms with Crippen LogP contribution in [0.2, 0.25) is 5.02 Å². The third kappa shape index (κ3) is 5.86. The monoisotopic (exact) mass is 567 g/mol. The highest BCUT2D eigenvalue weighted by Gasteiger charge is 2.31. The number of hydrogen-bond donors (Lipinski definition) is 1. The molecule has 1 heterocycles. The fourth-order valence-electron chi connectivity index (χ4n) is 3.81. The predicted octanol–water partition coefficient (Wildman–Crippen LogP) is 5.34. The van der Waals surface area contributed by atoms with Crippen molar-refractivity contribution in [3.63, 3.8) is 0 Å². The van der Waals surface area contributed by atoms with Gasteiger partial charge in [0.15, 0.2) is 0 Å². The molecule has 0 saturated carbocycles. The maximum Gasteiger partial charge on any atom is 0.416 e. The maximum absolute atomic E-state index is 13.5. The van der Waals surface area contributed by atoms with E-state index in [9.17, 15) is 26.4 Å². The Morgan fingerprint density at radius 3 is 2.32 bits per heavy atom. The first-order valence-electron chi connectivity index (χ1n) is 11.0. The van der Waals surface area contributed by atoms with Gasteiger partial charge in [-0.1, -0.05) is 23.7 Å². The number of halogens is 4. The standard InChI is InChI=1S/C25H21ClF3N3O5S/c1-36-17-9-15(10-18(12-17)37-2)14-38(34,35)24-31-20-5-3-4-6-22(20)32(24)13-23(33)30-21-11-16(25(27,28)29)7-8-19(21)26/h3-12H,13-14H2,1-2H3,(H,30,33). The fraction of sp³-hybridized carbons (Fsp3) is 0.200. The van der Waals surface area contributed by atoms with Crippen molar-refractivity contribution in [3.8, 4) is 11.5 Å². The Morgan fingerprint density at radius 2 is 1.68 bits per heavy atom. The van der Waals surface area contributed by atoms with Gasteiger partial charge in [-0.3, -0.25) is 4.79 Å². The summed E-state index contributed by atoms with van der Waals surface area (Å²) >= 11 is 5.99. The number of ether oxygens (including phenoxy) is 2. The number of methoxy groups -OCH3 is 2. The van der Waals surface area contributed by atoms with Crippen molar-refractivity contribution < 1.29 is 35.9 Å². The molecule has 38 heavy (non-hydrogen) atoms. The molecule has 1 aromatic heterocycles. The molecule has 8 nitrogen and oxygen atoms in total. The molecule has 0 fully saturated rings. The molecule has 4 rings (SSSR count). The van der Waals surface area contributed by atoms with Crippen LogP contribution in [0.25, 0.3) is 11.0 Å². The van der Waals surface area contributed by atoms with Gasteiger partial charge in [-0.15, -0.1) is 0 Å². The highest BCUT2D eigenvalue weighted by atomic mass is 35.5. The number of carbonyl (C=O) groups excluding carboxylic acids is 1. The van der Waals surface area contributed by atoms with Crippen molar-refractivity contribution in [1.82, 2.24) is 9.55 Å². The highest BCUT2D eigenvalue weighted by Crippen LogP contribution is 2.34. The van der Waals surface area contributed by atoms with Gasteiger partial charge in [0.25, 0.3) is 0 Å². The predicted molar refractivity (Wildman–Crippen MR) is 135 cm³/mol. The Hall–Kier alpha value is -3.77. The summed E-state index contributed by atoms with van der Waals surface area (Å²) in [7, 11) is -1.26. The highest BCUT2D eigenvalue weighted by molar-refractivity contribution is 7.90. The summed E-state index contributed by atoms with van der Waals surface area (Å²) in [6, 6.07) is 13.7. The number of hydrogen-bond acceptors (Lipinski definition) is 6. The van der Waals surface area contributed by atoms with E-state index in [1.807, 2.05) is 0 Å². The number of sulfone groups is 1. The molecular weight excluding hydrogens is 547 g/mol. The van der Waals surface area contributed by atoms with Crippen LogP contribution < -0.4 is 14.8 Å². The topological polar surface area (TPSA) is 99.5 Å². The van der Waals surface area contributed by atoms with Gasteiger partial charge in [0.1, 0.15) is 18.0 Å². The summed E-state index contributed by atoms with van der Waals surface area (Å²) in [6.45, 7) is -0.552. The average molecular weight is 568 g/mol. The number of alkyl halides is 3. The number of nitrogens with zero attached hydrogens (tertiary/aromatic N) is 2. The summed E-state index contributed by atoms with van der Waals surface area (Å²) in [4.78, 5) is 17.2. The van der Waals surface area contributed by atoms with E-state index in [1.165, 1.54) is 30.9 Å². The van der Waals surface area contributed by atoms with Crippen LogP contribution in [0.15, 0.2) is 65.8 Å². The number of fused-ring (bicyclic) bond motifs is 1. The largest absolute Gasteiger partial charge is 0.497 e. The van der Waals surface area contributed by atoms with E-state index in [1.54, 1.807) is 30.3 Å². The maximum atomic E-state index is 13.5. The van der Waals surface area contributed by atoms with Crippen LogP contribution in [-0.4, -0.2) is 38.1 Å². The summed E-state index contributed by atoms with van der Waals surface area (Å²) in [5.74, 6) is -0.500. The van der Waals surface area contributed by atoms with Crippen LogP contribution >= 0.6 is 11.6 Å². The van der Waals surface area contributed by atoms with E-state index >= 15 is 0 Å². The molecule has 4 aromatic rings. The quantitative estimate of drug-likeness (QED) is 0.309. The molecule has 200 valence electrons. The smallest absolute Gasteiger partial charge is 0.416 e. The van der Waals surface area contributed by atoms with Crippen LogP contribution in [-0.2, 0) is 33.1 Å². The molecular formula is C25H21ClF3N3O5S. The van der Waals surface area contributed by atoms with E-state index in [4.69, 9.17) is 21.1 Å². The second kappa shape index (κ2) is 10.5.